The van der Waals surface area contributed by atoms with Gasteiger partial charge in [0.1, 0.15) is 0 Å². The fourth-order valence-electron chi connectivity index (χ4n) is 4.48. The molecule has 0 spiro atoms. The van der Waals surface area contributed by atoms with Crippen molar-refractivity contribution in [1.82, 2.24) is 0 Å². The molecule has 1 aromatic carbocycles. The molecule has 0 heterocycles. The monoisotopic (exact) mass is 474 g/mol. The smallest absolute Gasteiger partial charge is 0.305 e. The molecule has 1 N–H and O–H groups in total. The van der Waals surface area contributed by atoms with Gasteiger partial charge in [0, 0.05) is 17.1 Å². The molecule has 1 aliphatic rings. The van der Waals surface area contributed by atoms with Gasteiger partial charge in [-0.1, -0.05) is 48.4 Å². The van der Waals surface area contributed by atoms with Crippen molar-refractivity contribution in [3.63, 3.8) is 0 Å². The van der Waals surface area contributed by atoms with E-state index in [1.165, 1.54) is 12.7 Å². The van der Waals surface area contributed by atoms with Crippen LogP contribution in [0.1, 0.15) is 76.2 Å². The average Bonchev–Trinajstić information content (AvgIpc) is 3.17. The van der Waals surface area contributed by atoms with Gasteiger partial charge in [-0.25, -0.2) is 0 Å². The van der Waals surface area contributed by atoms with Crippen molar-refractivity contribution in [1.29, 1.82) is 0 Å². The minimum atomic E-state index is -0.885. The quantitative estimate of drug-likeness (QED) is 0.184. The number of hydrogen-bond acceptors (Lipinski definition) is 4. The maximum Gasteiger partial charge on any atom is 0.305 e. The van der Waals surface area contributed by atoms with Crippen LogP contribution in [0.3, 0.4) is 0 Å². The van der Waals surface area contributed by atoms with E-state index in [1.807, 2.05) is 31.2 Å². The molecule has 4 nitrogen and oxygen atoms in total. The number of hydrogen-bond donors (Lipinski definition) is 1. The highest BCUT2D eigenvalue weighted by atomic mass is 32.2. The number of carbonyl (C=O) groups excluding carboxylic acids is 1. The van der Waals surface area contributed by atoms with E-state index in [4.69, 9.17) is 0 Å². The zero-order valence-corrected chi connectivity index (χ0v) is 21.2. The van der Waals surface area contributed by atoms with Crippen LogP contribution in [-0.4, -0.2) is 34.3 Å². The topological polar surface area (TPSA) is 63.6 Å². The van der Waals surface area contributed by atoms with Gasteiger partial charge >= 0.3 is 5.97 Å². The average molecular weight is 475 g/mol. The highest BCUT2D eigenvalue weighted by Gasteiger charge is 2.32. The molecule has 5 heteroatoms. The van der Waals surface area contributed by atoms with E-state index < -0.39 is 10.8 Å². The lowest BCUT2D eigenvalue weighted by atomic mass is 9.88. The van der Waals surface area contributed by atoms with Crippen molar-refractivity contribution < 1.29 is 18.8 Å². The minimum absolute atomic E-state index is 0.154. The zero-order valence-electron chi connectivity index (χ0n) is 20.4. The Bertz CT molecular complexity index is 769. The molecule has 1 unspecified atom stereocenters. The minimum Gasteiger partial charge on any atom is -0.469 e. The third-order valence-electron chi connectivity index (χ3n) is 6.58. The zero-order chi connectivity index (χ0) is 23.9. The maximum absolute atomic E-state index is 12.3. The lowest BCUT2D eigenvalue weighted by molar-refractivity contribution is -0.140. The second-order valence-corrected chi connectivity index (χ2v) is 10.7. The lowest BCUT2D eigenvalue weighted by Gasteiger charge is -2.19. The molecule has 1 aliphatic carbocycles. The van der Waals surface area contributed by atoms with Crippen molar-refractivity contribution in [2.75, 3.05) is 12.9 Å². The number of esters is 1. The predicted octanol–water partition coefficient (Wildman–Crippen LogP) is 6.29. The van der Waals surface area contributed by atoms with Crippen molar-refractivity contribution in [2.45, 2.75) is 88.6 Å². The molecule has 0 amide bonds. The molecule has 1 aromatic rings. The van der Waals surface area contributed by atoms with Crippen molar-refractivity contribution in [3.8, 4) is 0 Å². The van der Waals surface area contributed by atoms with E-state index in [1.54, 1.807) is 0 Å². The van der Waals surface area contributed by atoms with Gasteiger partial charge in [-0.3, -0.25) is 9.00 Å². The summed E-state index contributed by atoms with van der Waals surface area (Å²) in [6.45, 7) is 2.05. The van der Waals surface area contributed by atoms with Gasteiger partial charge in [-0.05, 0) is 88.7 Å². The Balaban J connectivity index is 1.57. The maximum atomic E-state index is 12.3. The Morgan fingerprint density at radius 3 is 2.42 bits per heavy atom. The van der Waals surface area contributed by atoms with Gasteiger partial charge < -0.3 is 9.84 Å². The van der Waals surface area contributed by atoms with Gasteiger partial charge in [0.25, 0.3) is 0 Å². The van der Waals surface area contributed by atoms with Crippen molar-refractivity contribution in [3.05, 3.63) is 54.1 Å². The SMILES string of the molecule is COC(=O)CCC/C=C\C[C@@H]1[C@@H](C/C=C/CCCCCS(=O)c2ccc(C)cc2)CC[C@@H]1O. The van der Waals surface area contributed by atoms with Crippen LogP contribution in [0.4, 0.5) is 0 Å². The third kappa shape index (κ3) is 10.8. The summed E-state index contributed by atoms with van der Waals surface area (Å²) in [6, 6.07) is 8.00. The van der Waals surface area contributed by atoms with Crippen LogP contribution in [0.5, 0.6) is 0 Å². The number of rotatable bonds is 15. The fourth-order valence-corrected chi connectivity index (χ4v) is 5.62. The van der Waals surface area contributed by atoms with Crippen LogP contribution in [0.2, 0.25) is 0 Å². The summed E-state index contributed by atoms with van der Waals surface area (Å²) in [6.07, 6.45) is 19.1. The van der Waals surface area contributed by atoms with Gasteiger partial charge in [-0.15, -0.1) is 0 Å². The van der Waals surface area contributed by atoms with Gasteiger partial charge in [0.15, 0.2) is 0 Å². The van der Waals surface area contributed by atoms with Gasteiger partial charge in [0.2, 0.25) is 0 Å². The normalized spacial score (nSPS) is 21.7. The van der Waals surface area contributed by atoms with Gasteiger partial charge in [-0.2, -0.15) is 0 Å². The van der Waals surface area contributed by atoms with Crippen molar-refractivity contribution >= 4 is 16.8 Å². The number of benzene rings is 1. The summed E-state index contributed by atoms with van der Waals surface area (Å²) in [5.41, 5.74) is 1.20. The first-order chi connectivity index (χ1) is 16.0. The second kappa shape index (κ2) is 16.0. The molecular formula is C28H42O4S. The molecule has 4 atom stereocenters. The molecular weight excluding hydrogens is 432 g/mol. The second-order valence-electron chi connectivity index (χ2n) is 9.16. The lowest BCUT2D eigenvalue weighted by Crippen LogP contribution is -2.18. The first kappa shape index (κ1) is 27.5. The van der Waals surface area contributed by atoms with Crippen LogP contribution in [-0.2, 0) is 20.3 Å². The fraction of sp³-hybridized carbons (Fsp3) is 0.607. The van der Waals surface area contributed by atoms with E-state index in [2.05, 4.69) is 29.0 Å². The first-order valence-electron chi connectivity index (χ1n) is 12.5. The predicted molar refractivity (Wildman–Crippen MR) is 137 cm³/mol. The van der Waals surface area contributed by atoms with E-state index in [0.29, 0.717) is 18.3 Å². The molecule has 2 rings (SSSR count). The Kier molecular flexibility index (Phi) is 13.3. The highest BCUT2D eigenvalue weighted by Crippen LogP contribution is 2.37. The van der Waals surface area contributed by atoms with Crippen LogP contribution < -0.4 is 0 Å². The third-order valence-corrected chi connectivity index (χ3v) is 8.03. The molecule has 1 fully saturated rings. The van der Waals surface area contributed by atoms with Crippen molar-refractivity contribution in [2.24, 2.45) is 11.8 Å². The van der Waals surface area contributed by atoms with E-state index >= 15 is 0 Å². The molecule has 0 saturated heterocycles. The summed E-state index contributed by atoms with van der Waals surface area (Å²) < 4.78 is 17.0. The van der Waals surface area contributed by atoms with E-state index in [-0.39, 0.29) is 12.1 Å². The number of allylic oxidation sites excluding steroid dienone is 4. The number of methoxy groups -OCH3 is 1. The molecule has 0 radical (unpaired) electrons. The number of carbonyl (C=O) groups is 1. The summed E-state index contributed by atoms with van der Waals surface area (Å²) in [5, 5.41) is 10.4. The summed E-state index contributed by atoms with van der Waals surface area (Å²) in [5.74, 6) is 1.47. The number of aliphatic hydroxyl groups excluding tert-OH is 1. The van der Waals surface area contributed by atoms with E-state index in [0.717, 1.165) is 74.9 Å². The molecule has 0 aliphatic heterocycles. The number of ether oxygens (including phenoxy) is 1. The van der Waals surface area contributed by atoms with Crippen LogP contribution in [0, 0.1) is 18.8 Å². The van der Waals surface area contributed by atoms with Crippen LogP contribution in [0.15, 0.2) is 53.5 Å². The number of unbranched alkanes of at least 4 members (excludes halogenated alkanes) is 4. The number of aryl methyl sites for hydroxylation is 1. The van der Waals surface area contributed by atoms with E-state index in [9.17, 15) is 14.1 Å². The summed E-state index contributed by atoms with van der Waals surface area (Å²) in [7, 11) is 0.537. The Hall–Kier alpha value is -1.72. The largest absolute Gasteiger partial charge is 0.469 e. The molecule has 0 bridgehead atoms. The first-order valence-corrected chi connectivity index (χ1v) is 13.8. The molecule has 33 heavy (non-hydrogen) atoms. The molecule has 1 saturated carbocycles. The van der Waals surface area contributed by atoms with Crippen LogP contribution >= 0.6 is 0 Å². The molecule has 184 valence electrons. The Morgan fingerprint density at radius 2 is 1.70 bits per heavy atom. The van der Waals surface area contributed by atoms with Gasteiger partial charge in [0.05, 0.1) is 24.0 Å². The molecule has 0 aromatic heterocycles. The Morgan fingerprint density at radius 1 is 1.00 bits per heavy atom. The summed E-state index contributed by atoms with van der Waals surface area (Å²) in [4.78, 5) is 12.1. The van der Waals surface area contributed by atoms with Crippen LogP contribution in [0.25, 0.3) is 0 Å². The number of aliphatic hydroxyl groups is 1. The Labute approximate surface area is 203 Å². The summed E-state index contributed by atoms with van der Waals surface area (Å²) >= 11 is 0. The standard InChI is InChI=1S/C28H42O4S/c1-23-16-19-25(20-17-23)33(31)22-12-8-4-3-5-9-13-24-18-21-27(29)26(24)14-10-6-7-11-15-28(30)32-2/h5-6,9-10,16-17,19-20,24,26-27,29H,3-4,7-8,11-15,18,21-22H2,1-2H3/b9-5+,10-6-/t24-,26+,27-,33?/m0/s1. The highest BCUT2D eigenvalue weighted by molar-refractivity contribution is 7.85.